The standard InChI is InChI=1S/C21H29FN2O/c1-13-4-6-17(7-5-13)24-20(2,3)19(25)23-18-15-8-14-9-16(18)12-21(22,10-14)11-15/h4-7,14-16,18,24H,8-12H2,1-3H3,(H,23,25)/t14?,15-,16+,18+,21+. The number of anilines is 1. The van der Waals surface area contributed by atoms with Gasteiger partial charge in [-0.2, -0.15) is 0 Å². The van der Waals surface area contributed by atoms with Crippen molar-refractivity contribution in [1.29, 1.82) is 0 Å². The molecule has 4 heteroatoms. The predicted molar refractivity (Wildman–Crippen MR) is 98.2 cm³/mol. The van der Waals surface area contributed by atoms with Gasteiger partial charge in [0.15, 0.2) is 0 Å². The third-order valence-electron chi connectivity index (χ3n) is 6.57. The molecular weight excluding hydrogens is 315 g/mol. The highest BCUT2D eigenvalue weighted by molar-refractivity contribution is 5.88. The number of carbonyl (C=O) groups is 1. The maximum absolute atomic E-state index is 14.8. The summed E-state index contributed by atoms with van der Waals surface area (Å²) >= 11 is 0. The number of amides is 1. The molecule has 4 aliphatic carbocycles. The number of carbonyl (C=O) groups excluding carboxylic acids is 1. The van der Waals surface area contributed by atoms with Crippen molar-refractivity contribution in [1.82, 2.24) is 5.32 Å². The molecule has 5 atom stereocenters. The molecule has 0 spiro atoms. The Hall–Kier alpha value is -1.58. The number of hydrogen-bond acceptors (Lipinski definition) is 2. The van der Waals surface area contributed by atoms with E-state index in [-0.39, 0.29) is 11.9 Å². The van der Waals surface area contributed by atoms with Crippen LogP contribution in [0.25, 0.3) is 0 Å². The number of halogens is 1. The lowest BCUT2D eigenvalue weighted by molar-refractivity contribution is -0.133. The second-order valence-electron chi connectivity index (χ2n) is 9.24. The van der Waals surface area contributed by atoms with Gasteiger partial charge in [-0.15, -0.1) is 0 Å². The smallest absolute Gasteiger partial charge is 0.245 e. The average molecular weight is 344 g/mol. The van der Waals surface area contributed by atoms with Crippen molar-refractivity contribution in [3.05, 3.63) is 29.8 Å². The molecule has 5 rings (SSSR count). The molecule has 4 bridgehead atoms. The summed E-state index contributed by atoms with van der Waals surface area (Å²) in [4.78, 5) is 12.9. The molecule has 0 aliphatic heterocycles. The maximum atomic E-state index is 14.8. The van der Waals surface area contributed by atoms with E-state index in [0.717, 1.165) is 24.9 Å². The summed E-state index contributed by atoms with van der Waals surface area (Å²) in [6.45, 7) is 5.87. The van der Waals surface area contributed by atoms with Crippen LogP contribution in [0.5, 0.6) is 0 Å². The first-order valence-electron chi connectivity index (χ1n) is 9.59. The molecule has 4 saturated carbocycles. The second kappa shape index (κ2) is 5.72. The highest BCUT2D eigenvalue weighted by Crippen LogP contribution is 2.57. The number of aryl methyl sites for hydroxylation is 1. The van der Waals surface area contributed by atoms with Crippen LogP contribution in [0.4, 0.5) is 10.1 Å². The molecule has 25 heavy (non-hydrogen) atoms. The average Bonchev–Trinajstić information content (AvgIpc) is 2.51. The lowest BCUT2D eigenvalue weighted by Gasteiger charge is -2.57. The molecule has 0 radical (unpaired) electrons. The molecular formula is C21H29FN2O. The Morgan fingerprint density at radius 3 is 2.28 bits per heavy atom. The van der Waals surface area contributed by atoms with E-state index in [9.17, 15) is 9.18 Å². The Morgan fingerprint density at radius 2 is 1.72 bits per heavy atom. The van der Waals surface area contributed by atoms with Crippen molar-refractivity contribution in [3.63, 3.8) is 0 Å². The third-order valence-corrected chi connectivity index (χ3v) is 6.57. The van der Waals surface area contributed by atoms with Crippen LogP contribution in [0.1, 0.15) is 51.5 Å². The first kappa shape index (κ1) is 16.9. The molecule has 136 valence electrons. The minimum Gasteiger partial charge on any atom is -0.372 e. The van der Waals surface area contributed by atoms with Gasteiger partial charge in [0.25, 0.3) is 0 Å². The molecule has 3 nitrogen and oxygen atoms in total. The summed E-state index contributed by atoms with van der Waals surface area (Å²) in [5, 5.41) is 6.62. The molecule has 0 saturated heterocycles. The molecule has 1 aromatic carbocycles. The summed E-state index contributed by atoms with van der Waals surface area (Å²) < 4.78 is 14.8. The minimum absolute atomic E-state index is 0.0125. The van der Waals surface area contributed by atoms with Crippen molar-refractivity contribution >= 4 is 11.6 Å². The second-order valence-corrected chi connectivity index (χ2v) is 9.24. The van der Waals surface area contributed by atoms with Crippen molar-refractivity contribution < 1.29 is 9.18 Å². The number of alkyl halides is 1. The summed E-state index contributed by atoms with van der Waals surface area (Å²) in [6, 6.07) is 8.22. The monoisotopic (exact) mass is 344 g/mol. The fourth-order valence-corrected chi connectivity index (χ4v) is 5.55. The topological polar surface area (TPSA) is 41.1 Å². The van der Waals surface area contributed by atoms with Gasteiger partial charge in [-0.05, 0) is 82.8 Å². The van der Waals surface area contributed by atoms with Gasteiger partial charge in [0, 0.05) is 11.7 Å². The van der Waals surface area contributed by atoms with Crippen LogP contribution in [0.2, 0.25) is 0 Å². The van der Waals surface area contributed by atoms with Crippen molar-refractivity contribution in [2.45, 2.75) is 70.1 Å². The molecule has 4 fully saturated rings. The zero-order chi connectivity index (χ0) is 17.8. The SMILES string of the molecule is Cc1ccc(NC(C)(C)C(=O)N[C@H]2[C@@H]3CC4C[C@H]2C[C@](F)(C4)C3)cc1. The van der Waals surface area contributed by atoms with Gasteiger partial charge in [-0.25, -0.2) is 4.39 Å². The van der Waals surface area contributed by atoms with Gasteiger partial charge in [0.2, 0.25) is 5.91 Å². The highest BCUT2D eigenvalue weighted by atomic mass is 19.1. The largest absolute Gasteiger partial charge is 0.372 e. The lowest BCUT2D eigenvalue weighted by Crippen LogP contribution is -2.63. The Morgan fingerprint density at radius 1 is 1.12 bits per heavy atom. The van der Waals surface area contributed by atoms with Crippen molar-refractivity contribution in [2.24, 2.45) is 17.8 Å². The Bertz CT molecular complexity index is 653. The summed E-state index contributed by atoms with van der Waals surface area (Å²) in [7, 11) is 0. The van der Waals surface area contributed by atoms with Gasteiger partial charge >= 0.3 is 0 Å². The fourth-order valence-electron chi connectivity index (χ4n) is 5.55. The molecule has 2 N–H and O–H groups in total. The Balaban J connectivity index is 1.43. The zero-order valence-corrected chi connectivity index (χ0v) is 15.4. The normalized spacial score (nSPS) is 36.3. The summed E-state index contributed by atoms with van der Waals surface area (Å²) in [5.41, 5.74) is 0.491. The van der Waals surface area contributed by atoms with Gasteiger partial charge in [0.1, 0.15) is 11.2 Å². The Kier molecular flexibility index (Phi) is 3.86. The molecule has 1 unspecified atom stereocenters. The van der Waals surface area contributed by atoms with E-state index in [1.807, 2.05) is 45.0 Å². The number of rotatable bonds is 4. The van der Waals surface area contributed by atoms with Crippen LogP contribution in [0.15, 0.2) is 24.3 Å². The summed E-state index contributed by atoms with van der Waals surface area (Å²) in [5.74, 6) is 1.18. The number of nitrogens with one attached hydrogen (secondary N) is 2. The van der Waals surface area contributed by atoms with E-state index >= 15 is 0 Å². The van der Waals surface area contributed by atoms with Gasteiger partial charge < -0.3 is 10.6 Å². The minimum atomic E-state index is -0.951. The van der Waals surface area contributed by atoms with E-state index < -0.39 is 11.2 Å². The summed E-state index contributed by atoms with van der Waals surface area (Å²) in [6.07, 6.45) is 4.19. The van der Waals surface area contributed by atoms with Crippen LogP contribution < -0.4 is 10.6 Å². The molecule has 1 aromatic rings. The van der Waals surface area contributed by atoms with E-state index in [2.05, 4.69) is 10.6 Å². The van der Waals surface area contributed by atoms with E-state index in [1.54, 1.807) is 0 Å². The van der Waals surface area contributed by atoms with Crippen LogP contribution in [-0.4, -0.2) is 23.2 Å². The van der Waals surface area contributed by atoms with Crippen LogP contribution in [-0.2, 0) is 4.79 Å². The lowest BCUT2D eigenvalue weighted by atomic mass is 9.53. The van der Waals surface area contributed by atoms with E-state index in [1.165, 1.54) is 5.56 Å². The van der Waals surface area contributed by atoms with Crippen LogP contribution in [0, 0.1) is 24.7 Å². The highest BCUT2D eigenvalue weighted by Gasteiger charge is 2.56. The van der Waals surface area contributed by atoms with E-state index in [0.29, 0.717) is 30.6 Å². The zero-order valence-electron chi connectivity index (χ0n) is 15.4. The Labute approximate surface area is 149 Å². The number of hydrogen-bond donors (Lipinski definition) is 2. The van der Waals surface area contributed by atoms with Crippen LogP contribution >= 0.6 is 0 Å². The van der Waals surface area contributed by atoms with Crippen molar-refractivity contribution in [3.8, 4) is 0 Å². The van der Waals surface area contributed by atoms with Gasteiger partial charge in [-0.1, -0.05) is 17.7 Å². The third kappa shape index (κ3) is 3.16. The fraction of sp³-hybridized carbons (Fsp3) is 0.667. The quantitative estimate of drug-likeness (QED) is 0.859. The van der Waals surface area contributed by atoms with Gasteiger partial charge in [-0.3, -0.25) is 4.79 Å². The molecule has 4 aliphatic rings. The first-order valence-corrected chi connectivity index (χ1v) is 9.59. The van der Waals surface area contributed by atoms with Gasteiger partial charge in [0.05, 0.1) is 0 Å². The van der Waals surface area contributed by atoms with E-state index in [4.69, 9.17) is 0 Å². The predicted octanol–water partition coefficient (Wildman–Crippen LogP) is 4.22. The number of benzene rings is 1. The van der Waals surface area contributed by atoms with Crippen LogP contribution in [0.3, 0.4) is 0 Å². The maximum Gasteiger partial charge on any atom is 0.245 e. The molecule has 0 heterocycles. The molecule has 1 amide bonds. The van der Waals surface area contributed by atoms with Crippen molar-refractivity contribution in [2.75, 3.05) is 5.32 Å². The molecule has 0 aromatic heterocycles. The first-order chi connectivity index (χ1) is 11.7.